The Morgan fingerprint density at radius 2 is 1.61 bits per heavy atom. The van der Waals surface area contributed by atoms with Gasteiger partial charge in [0.25, 0.3) is 0 Å². The zero-order valence-electron chi connectivity index (χ0n) is 21.6. The molecule has 0 aliphatic heterocycles. The second kappa shape index (κ2) is 8.10. The van der Waals surface area contributed by atoms with Gasteiger partial charge in [-0.1, -0.05) is 12.1 Å². The minimum absolute atomic E-state index is 0.133. The van der Waals surface area contributed by atoms with Gasteiger partial charge in [0.1, 0.15) is 22.7 Å². The Balaban J connectivity index is 1.66. The van der Waals surface area contributed by atoms with Gasteiger partial charge in [0.15, 0.2) is 0 Å². The molecular formula is C27H30N2O2. The lowest BCUT2D eigenvalue weighted by Crippen LogP contribution is -2.22. The van der Waals surface area contributed by atoms with Gasteiger partial charge in [0.05, 0.1) is 18.0 Å². The Hall–Kier alpha value is -3.27. The summed E-state index contributed by atoms with van der Waals surface area (Å²) in [6.45, 7) is 7.04. The molecule has 0 saturated heterocycles. The molecule has 2 heterocycles. The third kappa shape index (κ3) is 4.74. The first-order valence-electron chi connectivity index (χ1n) is 12.0. The summed E-state index contributed by atoms with van der Waals surface area (Å²) in [4.78, 5) is 4.59. The quantitative estimate of drug-likeness (QED) is 0.353. The molecule has 0 aliphatic carbocycles. The van der Waals surface area contributed by atoms with Crippen molar-refractivity contribution in [1.29, 1.82) is 0 Å². The third-order valence-electron chi connectivity index (χ3n) is 4.91. The molecule has 0 N–H and O–H groups in total. The zero-order valence-corrected chi connectivity index (χ0v) is 18.6. The summed E-state index contributed by atoms with van der Waals surface area (Å²) in [5.41, 5.74) is 4.84. The van der Waals surface area contributed by atoms with Crippen LogP contribution in [0.4, 0.5) is 0 Å². The summed E-state index contributed by atoms with van der Waals surface area (Å²) in [5, 5.41) is 0. The van der Waals surface area contributed by atoms with Gasteiger partial charge in [-0.3, -0.25) is 4.40 Å². The van der Waals surface area contributed by atoms with Crippen molar-refractivity contribution in [2.24, 2.45) is 0 Å². The highest BCUT2D eigenvalue weighted by Gasteiger charge is 2.13. The second-order valence-electron chi connectivity index (χ2n) is 8.57. The third-order valence-corrected chi connectivity index (χ3v) is 4.91. The van der Waals surface area contributed by atoms with Crippen LogP contribution < -0.4 is 9.47 Å². The zero-order chi connectivity index (χ0) is 24.7. The lowest BCUT2D eigenvalue weighted by Gasteiger charge is -2.21. The number of nitrogens with zero attached hydrogens (tertiary/aromatic N) is 2. The molecule has 2 aromatic carbocycles. The largest absolute Gasteiger partial charge is 0.491 e. The van der Waals surface area contributed by atoms with Gasteiger partial charge >= 0.3 is 0 Å². The van der Waals surface area contributed by atoms with Crippen LogP contribution in [0, 0.1) is 6.92 Å². The Bertz CT molecular complexity index is 1290. The Morgan fingerprint density at radius 3 is 2.26 bits per heavy atom. The maximum atomic E-state index is 7.67. The Labute approximate surface area is 188 Å². The van der Waals surface area contributed by atoms with Gasteiger partial charge in [0, 0.05) is 21.4 Å². The van der Waals surface area contributed by atoms with Crippen LogP contribution in [0.15, 0.2) is 67.0 Å². The normalized spacial score (nSPS) is 13.7. The van der Waals surface area contributed by atoms with E-state index in [4.69, 9.17) is 13.6 Å². The van der Waals surface area contributed by atoms with Crippen molar-refractivity contribution in [3.05, 3.63) is 72.6 Å². The van der Waals surface area contributed by atoms with Gasteiger partial charge in [-0.05, 0) is 95.1 Å². The SMILES string of the molecule is [2H]C([2H])([2H])C(C)(C)Oc1ccc(-c2cnc3cc(C)c(-c4ccc(OC(C)C)cc4)cn23)cc1. The number of rotatable bonds is 5. The van der Waals surface area contributed by atoms with E-state index < -0.39 is 12.5 Å². The molecule has 4 heteroatoms. The molecule has 0 radical (unpaired) electrons. The number of imidazole rings is 1. The first-order chi connectivity index (χ1) is 15.9. The van der Waals surface area contributed by atoms with Crippen LogP contribution in [0.5, 0.6) is 11.5 Å². The highest BCUT2D eigenvalue weighted by Crippen LogP contribution is 2.30. The van der Waals surface area contributed by atoms with Crippen LogP contribution in [0.2, 0.25) is 0 Å². The van der Waals surface area contributed by atoms with Crippen LogP contribution in [0.25, 0.3) is 28.0 Å². The summed E-state index contributed by atoms with van der Waals surface area (Å²) in [5.74, 6) is 1.36. The summed E-state index contributed by atoms with van der Waals surface area (Å²) in [6.07, 6.45) is 4.09. The lowest BCUT2D eigenvalue weighted by atomic mass is 10.0. The number of ether oxygens (including phenoxy) is 2. The van der Waals surface area contributed by atoms with Crippen molar-refractivity contribution in [2.75, 3.05) is 0 Å². The second-order valence-corrected chi connectivity index (χ2v) is 8.57. The fourth-order valence-corrected chi connectivity index (χ4v) is 3.61. The van der Waals surface area contributed by atoms with Crippen molar-refractivity contribution >= 4 is 5.65 Å². The summed E-state index contributed by atoms with van der Waals surface area (Å²) < 4.78 is 36.6. The van der Waals surface area contributed by atoms with Gasteiger partial charge in [0.2, 0.25) is 0 Å². The van der Waals surface area contributed by atoms with E-state index >= 15 is 0 Å². The number of pyridine rings is 1. The predicted molar refractivity (Wildman–Crippen MR) is 127 cm³/mol. The molecule has 0 bridgehead atoms. The summed E-state index contributed by atoms with van der Waals surface area (Å²) in [7, 11) is 0. The average molecular weight is 418 g/mol. The number of aryl methyl sites for hydroxylation is 1. The molecule has 0 saturated carbocycles. The summed E-state index contributed by atoms with van der Waals surface area (Å²) in [6, 6.07) is 17.6. The molecule has 0 aliphatic rings. The van der Waals surface area contributed by atoms with Crippen LogP contribution in [-0.2, 0) is 0 Å². The summed E-state index contributed by atoms with van der Waals surface area (Å²) >= 11 is 0. The van der Waals surface area contributed by atoms with Crippen molar-refractivity contribution in [1.82, 2.24) is 9.38 Å². The highest BCUT2D eigenvalue weighted by atomic mass is 16.5. The number of hydrogen-bond donors (Lipinski definition) is 0. The number of aromatic nitrogens is 2. The first kappa shape index (κ1) is 17.4. The molecule has 0 fully saturated rings. The van der Waals surface area contributed by atoms with Gasteiger partial charge in [-0.15, -0.1) is 0 Å². The molecular weight excluding hydrogens is 384 g/mol. The molecule has 0 amide bonds. The Morgan fingerprint density at radius 1 is 0.968 bits per heavy atom. The standard InChI is InChI=1S/C27H30N2O2/c1-18(2)30-22-11-7-20(8-12-22)24-17-29-25(16-28-26(29)15-19(24)3)21-9-13-23(14-10-21)31-27(4,5)6/h7-18H,1-6H3/i4D3. The monoisotopic (exact) mass is 417 g/mol. The molecule has 31 heavy (non-hydrogen) atoms. The fraction of sp³-hybridized carbons (Fsp3) is 0.296. The van der Waals surface area contributed by atoms with Crippen molar-refractivity contribution in [3.8, 4) is 33.9 Å². The molecule has 4 rings (SSSR count). The van der Waals surface area contributed by atoms with Crippen LogP contribution in [0.3, 0.4) is 0 Å². The molecule has 0 unspecified atom stereocenters. The Kier molecular flexibility index (Phi) is 4.55. The van der Waals surface area contributed by atoms with E-state index in [-0.39, 0.29) is 6.10 Å². The fourth-order valence-electron chi connectivity index (χ4n) is 3.61. The van der Waals surface area contributed by atoms with Crippen LogP contribution >= 0.6 is 0 Å². The molecule has 0 atom stereocenters. The van der Waals surface area contributed by atoms with Crippen molar-refractivity contribution in [3.63, 3.8) is 0 Å². The minimum atomic E-state index is -2.22. The van der Waals surface area contributed by atoms with Gasteiger partial charge < -0.3 is 9.47 Å². The lowest BCUT2D eigenvalue weighted by molar-refractivity contribution is 0.131. The maximum Gasteiger partial charge on any atom is 0.137 e. The average Bonchev–Trinajstić information content (AvgIpc) is 3.15. The van der Waals surface area contributed by atoms with Crippen LogP contribution in [-0.4, -0.2) is 21.1 Å². The topological polar surface area (TPSA) is 35.8 Å². The first-order valence-corrected chi connectivity index (χ1v) is 10.5. The minimum Gasteiger partial charge on any atom is -0.491 e. The smallest absolute Gasteiger partial charge is 0.137 e. The van der Waals surface area contributed by atoms with Crippen molar-refractivity contribution < 1.29 is 13.6 Å². The maximum absolute atomic E-state index is 7.67. The number of hydrogen-bond acceptors (Lipinski definition) is 3. The van der Waals surface area contributed by atoms with Crippen molar-refractivity contribution in [2.45, 2.75) is 53.2 Å². The predicted octanol–water partition coefficient (Wildman–Crippen LogP) is 6.94. The van der Waals surface area contributed by atoms with E-state index in [2.05, 4.69) is 40.7 Å². The highest BCUT2D eigenvalue weighted by molar-refractivity contribution is 5.72. The molecule has 4 aromatic rings. The van der Waals surface area contributed by atoms with E-state index in [0.717, 1.165) is 39.3 Å². The number of fused-ring (bicyclic) bond motifs is 1. The molecule has 160 valence electrons. The molecule has 2 aromatic heterocycles. The molecule has 0 spiro atoms. The van der Waals surface area contributed by atoms with E-state index in [9.17, 15) is 0 Å². The van der Waals surface area contributed by atoms with Crippen LogP contribution in [0.1, 0.15) is 44.2 Å². The van der Waals surface area contributed by atoms with E-state index in [1.165, 1.54) is 0 Å². The van der Waals surface area contributed by atoms with E-state index in [1.54, 1.807) is 26.0 Å². The van der Waals surface area contributed by atoms with E-state index in [0.29, 0.717) is 5.75 Å². The molecule has 4 nitrogen and oxygen atoms in total. The van der Waals surface area contributed by atoms with E-state index in [1.807, 2.05) is 44.3 Å². The van der Waals surface area contributed by atoms with Gasteiger partial charge in [-0.2, -0.15) is 0 Å². The number of benzene rings is 2. The van der Waals surface area contributed by atoms with Gasteiger partial charge in [-0.25, -0.2) is 4.98 Å².